The van der Waals surface area contributed by atoms with Crippen molar-refractivity contribution in [3.05, 3.63) is 56.1 Å². The number of nitrogens with one attached hydrogen (secondary N) is 1. The van der Waals surface area contributed by atoms with Crippen molar-refractivity contribution in [3.8, 4) is 0 Å². The van der Waals surface area contributed by atoms with E-state index in [2.05, 4.69) is 47.1 Å². The first-order valence-corrected chi connectivity index (χ1v) is 8.18. The molecule has 0 saturated heterocycles. The average molecular weight is 431 g/mol. The van der Waals surface area contributed by atoms with Gasteiger partial charge >= 0.3 is 0 Å². The Hall–Kier alpha value is -1.11. The van der Waals surface area contributed by atoms with E-state index < -0.39 is 0 Å². The van der Waals surface area contributed by atoms with Gasteiger partial charge in [0.05, 0.1) is 30.3 Å². The van der Waals surface area contributed by atoms with E-state index in [9.17, 15) is 0 Å². The third-order valence-electron chi connectivity index (χ3n) is 3.15. The molecule has 0 saturated carbocycles. The number of halogens is 3. The van der Waals surface area contributed by atoms with Crippen LogP contribution in [0.1, 0.15) is 11.3 Å². The first-order valence-electron chi connectivity index (χ1n) is 6.21. The van der Waals surface area contributed by atoms with Crippen LogP contribution in [0.15, 0.2) is 39.8 Å². The van der Waals surface area contributed by atoms with E-state index in [1.54, 1.807) is 6.20 Å². The zero-order chi connectivity index (χ0) is 15.0. The Morgan fingerprint density at radius 1 is 1.24 bits per heavy atom. The summed E-state index contributed by atoms with van der Waals surface area (Å²) in [5.41, 5.74) is 3.85. The molecule has 2 heterocycles. The maximum atomic E-state index is 6.17. The summed E-state index contributed by atoms with van der Waals surface area (Å²) in [5, 5.41) is 4.11. The number of aryl methyl sites for hydroxylation is 1. The number of hydrogen-bond acceptors (Lipinski definition) is 3. The molecule has 21 heavy (non-hydrogen) atoms. The summed E-state index contributed by atoms with van der Waals surface area (Å²) in [6, 6.07) is 3.92. The van der Waals surface area contributed by atoms with Crippen molar-refractivity contribution in [2.75, 3.05) is 5.32 Å². The molecule has 7 heteroatoms. The third-order valence-corrected chi connectivity index (χ3v) is 4.62. The van der Waals surface area contributed by atoms with Gasteiger partial charge in [0, 0.05) is 15.7 Å². The molecule has 4 nitrogen and oxygen atoms in total. The van der Waals surface area contributed by atoms with Gasteiger partial charge in [0.1, 0.15) is 4.60 Å². The van der Waals surface area contributed by atoms with Gasteiger partial charge in [-0.25, -0.2) is 9.97 Å². The summed E-state index contributed by atoms with van der Waals surface area (Å²) in [7, 11) is 0. The summed E-state index contributed by atoms with van der Waals surface area (Å²) < 4.78 is 3.75. The number of fused-ring (bicyclic) bond motifs is 1. The van der Waals surface area contributed by atoms with Gasteiger partial charge < -0.3 is 5.32 Å². The molecular weight excluding hydrogens is 419 g/mol. The van der Waals surface area contributed by atoms with E-state index in [1.165, 1.54) is 0 Å². The monoisotopic (exact) mass is 428 g/mol. The van der Waals surface area contributed by atoms with Crippen LogP contribution in [0.2, 0.25) is 5.02 Å². The summed E-state index contributed by atoms with van der Waals surface area (Å²) in [4.78, 5) is 8.49. The zero-order valence-electron chi connectivity index (χ0n) is 11.1. The van der Waals surface area contributed by atoms with Gasteiger partial charge in [0.25, 0.3) is 0 Å². The number of benzene rings is 1. The van der Waals surface area contributed by atoms with Crippen LogP contribution >= 0.6 is 43.5 Å². The molecule has 0 unspecified atom stereocenters. The van der Waals surface area contributed by atoms with Gasteiger partial charge in [-0.15, -0.1) is 0 Å². The van der Waals surface area contributed by atoms with Crippen molar-refractivity contribution in [1.82, 2.24) is 14.4 Å². The molecule has 1 aromatic carbocycles. The largest absolute Gasteiger partial charge is 0.378 e. The Kier molecular flexibility index (Phi) is 4.19. The fourth-order valence-corrected chi connectivity index (χ4v) is 3.08. The maximum Gasteiger partial charge on any atom is 0.155 e. The predicted octanol–water partition coefficient (Wildman–Crippen LogP) is 4.83. The number of aromatic nitrogens is 3. The molecule has 0 fully saturated rings. The van der Waals surface area contributed by atoms with Crippen molar-refractivity contribution < 1.29 is 0 Å². The van der Waals surface area contributed by atoms with Crippen LogP contribution in [0.25, 0.3) is 5.65 Å². The number of anilines is 1. The molecule has 0 aliphatic heterocycles. The van der Waals surface area contributed by atoms with Gasteiger partial charge in [-0.05, 0) is 56.5 Å². The van der Waals surface area contributed by atoms with Crippen LogP contribution in [0.4, 0.5) is 5.69 Å². The lowest BCUT2D eigenvalue weighted by atomic mass is 10.2. The highest BCUT2D eigenvalue weighted by Crippen LogP contribution is 2.29. The second kappa shape index (κ2) is 5.94. The van der Waals surface area contributed by atoms with E-state index in [1.807, 2.05) is 35.9 Å². The van der Waals surface area contributed by atoms with Crippen LogP contribution in [-0.4, -0.2) is 14.4 Å². The Morgan fingerprint density at radius 3 is 2.86 bits per heavy atom. The van der Waals surface area contributed by atoms with Crippen LogP contribution < -0.4 is 5.32 Å². The molecular formula is C14H11Br2ClN4. The topological polar surface area (TPSA) is 42.2 Å². The molecule has 3 aromatic rings. The van der Waals surface area contributed by atoms with E-state index in [4.69, 9.17) is 11.6 Å². The van der Waals surface area contributed by atoms with Crippen LogP contribution in [-0.2, 0) is 6.54 Å². The van der Waals surface area contributed by atoms with Crippen molar-refractivity contribution in [3.63, 3.8) is 0 Å². The quantitative estimate of drug-likeness (QED) is 0.647. The SMILES string of the molecule is Cc1cc(Br)c(NCc2cnc3cnc(Br)cn23)cc1Cl. The standard InChI is InChI=1S/C14H11Br2ClN4/c1-8-2-10(15)12(3-11(8)17)18-4-9-5-20-14-6-19-13(16)7-21(9)14/h2-3,5-7,18H,4H2,1H3. The number of rotatable bonds is 3. The smallest absolute Gasteiger partial charge is 0.155 e. The Morgan fingerprint density at radius 2 is 2.05 bits per heavy atom. The lowest BCUT2D eigenvalue weighted by Gasteiger charge is -2.10. The van der Waals surface area contributed by atoms with Gasteiger partial charge in [0.15, 0.2) is 5.65 Å². The van der Waals surface area contributed by atoms with Crippen molar-refractivity contribution >= 4 is 54.8 Å². The minimum atomic E-state index is 0.635. The van der Waals surface area contributed by atoms with Crippen LogP contribution in [0, 0.1) is 6.92 Å². The van der Waals surface area contributed by atoms with Gasteiger partial charge in [0.2, 0.25) is 0 Å². The summed E-state index contributed by atoms with van der Waals surface area (Å²) in [5.74, 6) is 0. The first-order chi connectivity index (χ1) is 10.0. The minimum Gasteiger partial charge on any atom is -0.378 e. The highest BCUT2D eigenvalue weighted by molar-refractivity contribution is 9.10. The highest BCUT2D eigenvalue weighted by Gasteiger charge is 2.07. The van der Waals surface area contributed by atoms with Gasteiger partial charge in [-0.1, -0.05) is 11.6 Å². The fraction of sp³-hybridized carbons (Fsp3) is 0.143. The zero-order valence-corrected chi connectivity index (χ0v) is 15.0. The van der Waals surface area contributed by atoms with E-state index in [0.29, 0.717) is 6.54 Å². The van der Waals surface area contributed by atoms with Crippen molar-refractivity contribution in [1.29, 1.82) is 0 Å². The van der Waals surface area contributed by atoms with E-state index >= 15 is 0 Å². The molecule has 0 spiro atoms. The highest BCUT2D eigenvalue weighted by atomic mass is 79.9. The molecule has 0 radical (unpaired) electrons. The number of imidazole rings is 1. The molecule has 0 amide bonds. The van der Waals surface area contributed by atoms with Crippen molar-refractivity contribution in [2.24, 2.45) is 0 Å². The molecule has 0 atom stereocenters. The Bertz CT molecular complexity index is 816. The first kappa shape index (κ1) is 14.8. The minimum absolute atomic E-state index is 0.635. The fourth-order valence-electron chi connectivity index (χ4n) is 2.01. The maximum absolute atomic E-state index is 6.17. The summed E-state index contributed by atoms with van der Waals surface area (Å²) >= 11 is 13.1. The lowest BCUT2D eigenvalue weighted by Crippen LogP contribution is -2.03. The second-order valence-corrected chi connectivity index (χ2v) is 6.70. The molecule has 0 aliphatic carbocycles. The molecule has 0 aliphatic rings. The molecule has 2 aromatic heterocycles. The normalized spacial score (nSPS) is 11.0. The summed E-state index contributed by atoms with van der Waals surface area (Å²) in [6.45, 7) is 2.61. The van der Waals surface area contributed by atoms with Crippen LogP contribution in [0.5, 0.6) is 0 Å². The predicted molar refractivity (Wildman–Crippen MR) is 91.9 cm³/mol. The Balaban J connectivity index is 1.87. The molecule has 0 bridgehead atoms. The van der Waals surface area contributed by atoms with Crippen LogP contribution in [0.3, 0.4) is 0 Å². The average Bonchev–Trinajstić information content (AvgIpc) is 2.84. The summed E-state index contributed by atoms with van der Waals surface area (Å²) in [6.07, 6.45) is 5.46. The number of nitrogens with zero attached hydrogens (tertiary/aromatic N) is 3. The molecule has 1 N–H and O–H groups in total. The van der Waals surface area contributed by atoms with Gasteiger partial charge in [-0.3, -0.25) is 4.40 Å². The van der Waals surface area contributed by atoms with Crippen molar-refractivity contribution in [2.45, 2.75) is 13.5 Å². The van der Waals surface area contributed by atoms with E-state index in [0.717, 1.165) is 36.7 Å². The molecule has 3 rings (SSSR count). The lowest BCUT2D eigenvalue weighted by molar-refractivity contribution is 0.982. The third kappa shape index (κ3) is 3.07. The van der Waals surface area contributed by atoms with Gasteiger partial charge in [-0.2, -0.15) is 0 Å². The number of hydrogen-bond donors (Lipinski definition) is 1. The molecule has 108 valence electrons. The second-order valence-electron chi connectivity index (χ2n) is 4.62. The van der Waals surface area contributed by atoms with E-state index in [-0.39, 0.29) is 0 Å². The Labute approximate surface area is 143 Å².